The minimum atomic E-state index is 0.139. The van der Waals surface area contributed by atoms with Crippen molar-refractivity contribution in [2.75, 3.05) is 19.5 Å². The Morgan fingerprint density at radius 3 is 2.81 bits per heavy atom. The van der Waals surface area contributed by atoms with Gasteiger partial charge in [-0.3, -0.25) is 4.79 Å². The van der Waals surface area contributed by atoms with Gasteiger partial charge < -0.3 is 13.9 Å². The first kappa shape index (κ1) is 15.9. The molecule has 21 heavy (non-hydrogen) atoms. The monoisotopic (exact) mass is 307 g/mol. The molecule has 0 unspecified atom stereocenters. The number of carbonyl (C=O) groups is 1. The van der Waals surface area contributed by atoms with Crippen LogP contribution in [0.4, 0.5) is 0 Å². The van der Waals surface area contributed by atoms with E-state index < -0.39 is 0 Å². The second-order valence-corrected chi connectivity index (χ2v) is 5.90. The third-order valence-corrected chi connectivity index (χ3v) is 4.56. The van der Waals surface area contributed by atoms with Crippen molar-refractivity contribution < 1.29 is 9.53 Å². The maximum atomic E-state index is 12.4. The maximum Gasteiger partial charge on any atom is 0.175 e. The van der Waals surface area contributed by atoms with E-state index in [1.165, 1.54) is 11.8 Å². The van der Waals surface area contributed by atoms with Gasteiger partial charge in [0.05, 0.1) is 12.4 Å². The zero-order valence-corrected chi connectivity index (χ0v) is 13.7. The van der Waals surface area contributed by atoms with Gasteiger partial charge in [-0.15, -0.1) is 0 Å². The number of aryl methyl sites for hydroxylation is 2. The molecule has 0 bridgehead atoms. The average Bonchev–Trinajstić information content (AvgIpc) is 2.99. The van der Waals surface area contributed by atoms with Crippen LogP contribution >= 0.6 is 11.8 Å². The summed E-state index contributed by atoms with van der Waals surface area (Å²) < 4.78 is 9.16. The quantitative estimate of drug-likeness (QED) is 0.582. The largest absolute Gasteiger partial charge is 0.383 e. The summed E-state index contributed by atoms with van der Waals surface area (Å²) in [5, 5.41) is 0.858. The first-order valence-electron chi connectivity index (χ1n) is 6.83. The van der Waals surface area contributed by atoms with Crippen molar-refractivity contribution >= 4 is 17.5 Å². The first-order valence-corrected chi connectivity index (χ1v) is 7.82. The first-order chi connectivity index (χ1) is 10.0. The minimum Gasteiger partial charge on any atom is -0.383 e. The summed E-state index contributed by atoms with van der Waals surface area (Å²) in [6, 6.07) is 1.96. The minimum absolute atomic E-state index is 0.139. The summed E-state index contributed by atoms with van der Waals surface area (Å²) in [4.78, 5) is 16.6. The van der Waals surface area contributed by atoms with Crippen LogP contribution in [0.25, 0.3) is 0 Å². The summed E-state index contributed by atoms with van der Waals surface area (Å²) in [6.45, 7) is 5.42. The van der Waals surface area contributed by atoms with Gasteiger partial charge in [0.1, 0.15) is 0 Å². The number of carbonyl (C=O) groups excluding carboxylic acids is 1. The molecule has 0 saturated heterocycles. The predicted octanol–water partition coefficient (Wildman–Crippen LogP) is 2.46. The molecule has 0 aliphatic carbocycles. The standard InChI is InChI=1S/C15H21N3O2S/c1-11-9-13(12(2)18(11)7-8-20-4)14(19)10-21-15-16-5-6-17(15)3/h5-6,9H,7-8,10H2,1-4H3. The lowest BCUT2D eigenvalue weighted by molar-refractivity contribution is 0.102. The van der Waals surface area contributed by atoms with Gasteiger partial charge in [-0.05, 0) is 19.9 Å². The molecule has 0 amide bonds. The van der Waals surface area contributed by atoms with E-state index in [9.17, 15) is 4.79 Å². The Balaban J connectivity index is 2.07. The lowest BCUT2D eigenvalue weighted by Crippen LogP contribution is -2.10. The van der Waals surface area contributed by atoms with Crippen molar-refractivity contribution in [1.82, 2.24) is 14.1 Å². The SMILES string of the molecule is COCCn1c(C)cc(C(=O)CSc2nccn2C)c1C. The van der Waals surface area contributed by atoms with Gasteiger partial charge in [0.2, 0.25) is 0 Å². The van der Waals surface area contributed by atoms with E-state index in [0.29, 0.717) is 12.4 Å². The van der Waals surface area contributed by atoms with Gasteiger partial charge in [0.25, 0.3) is 0 Å². The Morgan fingerprint density at radius 1 is 1.43 bits per heavy atom. The Kier molecular flexibility index (Phi) is 5.25. The number of rotatable bonds is 7. The smallest absolute Gasteiger partial charge is 0.175 e. The Morgan fingerprint density at radius 2 is 2.19 bits per heavy atom. The van der Waals surface area contributed by atoms with E-state index in [-0.39, 0.29) is 5.78 Å². The summed E-state index contributed by atoms with van der Waals surface area (Å²) in [6.07, 6.45) is 3.62. The van der Waals surface area contributed by atoms with Crippen LogP contribution < -0.4 is 0 Å². The molecule has 0 spiro atoms. The van der Waals surface area contributed by atoms with Crippen LogP contribution in [0.1, 0.15) is 21.7 Å². The third kappa shape index (κ3) is 3.57. The second-order valence-electron chi connectivity index (χ2n) is 4.96. The van der Waals surface area contributed by atoms with Gasteiger partial charge in [0.15, 0.2) is 10.9 Å². The number of thioether (sulfide) groups is 1. The van der Waals surface area contributed by atoms with E-state index >= 15 is 0 Å². The van der Waals surface area contributed by atoms with Gasteiger partial charge in [-0.1, -0.05) is 11.8 Å². The molecule has 5 nitrogen and oxygen atoms in total. The molecule has 0 aliphatic heterocycles. The zero-order valence-electron chi connectivity index (χ0n) is 12.9. The van der Waals surface area contributed by atoms with Gasteiger partial charge >= 0.3 is 0 Å². The van der Waals surface area contributed by atoms with E-state index in [1.54, 1.807) is 13.3 Å². The van der Waals surface area contributed by atoms with E-state index in [4.69, 9.17) is 4.74 Å². The number of hydrogen-bond donors (Lipinski definition) is 0. The number of ketones is 1. The number of hydrogen-bond acceptors (Lipinski definition) is 4. The molecule has 0 fully saturated rings. The van der Waals surface area contributed by atoms with Gasteiger partial charge in [-0.2, -0.15) is 0 Å². The molecule has 2 aromatic rings. The Labute approximate surface area is 129 Å². The third-order valence-electron chi connectivity index (χ3n) is 3.50. The van der Waals surface area contributed by atoms with Crippen molar-refractivity contribution in [3.63, 3.8) is 0 Å². The van der Waals surface area contributed by atoms with E-state index in [0.717, 1.165) is 28.7 Å². The van der Waals surface area contributed by atoms with Crippen LogP contribution in [0.5, 0.6) is 0 Å². The number of imidazole rings is 1. The van der Waals surface area contributed by atoms with Crippen molar-refractivity contribution in [3.05, 3.63) is 35.4 Å². The molecule has 0 saturated carbocycles. The Bertz CT molecular complexity index is 631. The van der Waals surface area contributed by atoms with Gasteiger partial charge in [0, 0.05) is 50.0 Å². The highest BCUT2D eigenvalue weighted by Crippen LogP contribution is 2.20. The molecule has 0 radical (unpaired) electrons. The zero-order chi connectivity index (χ0) is 15.4. The fourth-order valence-corrected chi connectivity index (χ4v) is 3.12. The predicted molar refractivity (Wildman–Crippen MR) is 84.0 cm³/mol. The van der Waals surface area contributed by atoms with E-state index in [1.807, 2.05) is 37.7 Å². The highest BCUT2D eigenvalue weighted by atomic mass is 32.2. The number of ether oxygens (including phenoxy) is 1. The average molecular weight is 307 g/mol. The number of aromatic nitrogens is 3. The van der Waals surface area contributed by atoms with Crippen LogP contribution in [0.15, 0.2) is 23.6 Å². The van der Waals surface area contributed by atoms with Crippen LogP contribution in [0.3, 0.4) is 0 Å². The van der Waals surface area contributed by atoms with Crippen molar-refractivity contribution in [3.8, 4) is 0 Å². The maximum absolute atomic E-state index is 12.4. The molecule has 2 rings (SSSR count). The molecule has 0 N–H and O–H groups in total. The Hall–Kier alpha value is -1.53. The fourth-order valence-electron chi connectivity index (χ4n) is 2.31. The lowest BCUT2D eigenvalue weighted by atomic mass is 10.2. The summed E-state index contributed by atoms with van der Waals surface area (Å²) in [7, 11) is 3.61. The molecule has 0 atom stereocenters. The van der Waals surface area contributed by atoms with Crippen LogP contribution in [-0.4, -0.2) is 39.4 Å². The summed E-state index contributed by atoms with van der Waals surface area (Å²) in [5.74, 6) is 0.541. The summed E-state index contributed by atoms with van der Waals surface area (Å²) >= 11 is 1.47. The lowest BCUT2D eigenvalue weighted by Gasteiger charge is -2.08. The molecule has 0 aliphatic rings. The molecular weight excluding hydrogens is 286 g/mol. The number of nitrogens with zero attached hydrogens (tertiary/aromatic N) is 3. The molecule has 2 aromatic heterocycles. The normalized spacial score (nSPS) is 11.0. The highest BCUT2D eigenvalue weighted by Gasteiger charge is 2.16. The number of Topliss-reactive ketones (excluding diaryl/α,β-unsaturated/α-hetero) is 1. The second kappa shape index (κ2) is 6.95. The van der Waals surface area contributed by atoms with Crippen LogP contribution in [-0.2, 0) is 18.3 Å². The molecule has 2 heterocycles. The highest BCUT2D eigenvalue weighted by molar-refractivity contribution is 7.99. The summed E-state index contributed by atoms with van der Waals surface area (Å²) in [5.41, 5.74) is 2.90. The van der Waals surface area contributed by atoms with E-state index in [2.05, 4.69) is 9.55 Å². The molecule has 6 heteroatoms. The van der Waals surface area contributed by atoms with Crippen LogP contribution in [0, 0.1) is 13.8 Å². The van der Waals surface area contributed by atoms with Gasteiger partial charge in [-0.25, -0.2) is 4.98 Å². The molecular formula is C15H21N3O2S. The molecule has 0 aromatic carbocycles. The van der Waals surface area contributed by atoms with Crippen LogP contribution in [0.2, 0.25) is 0 Å². The topological polar surface area (TPSA) is 49.1 Å². The van der Waals surface area contributed by atoms with Crippen molar-refractivity contribution in [2.24, 2.45) is 7.05 Å². The molecule has 114 valence electrons. The van der Waals surface area contributed by atoms with Crippen molar-refractivity contribution in [1.29, 1.82) is 0 Å². The van der Waals surface area contributed by atoms with Crippen molar-refractivity contribution in [2.45, 2.75) is 25.5 Å². The fraction of sp³-hybridized carbons (Fsp3) is 0.467. The number of methoxy groups -OCH3 is 1.